The summed E-state index contributed by atoms with van der Waals surface area (Å²) in [7, 11) is 1.97. The molecule has 0 saturated carbocycles. The summed E-state index contributed by atoms with van der Waals surface area (Å²) < 4.78 is 1.91. The number of para-hydroxylation sites is 1. The quantitative estimate of drug-likeness (QED) is 0.777. The Labute approximate surface area is 83.5 Å². The average molecular weight is 189 g/mol. The number of nitrogens with two attached hydrogens (primary N) is 1. The van der Waals surface area contributed by atoms with Crippen molar-refractivity contribution in [3.63, 3.8) is 0 Å². The van der Waals surface area contributed by atoms with Crippen LogP contribution < -0.4 is 5.73 Å². The molecule has 1 atom stereocenters. The van der Waals surface area contributed by atoms with Gasteiger partial charge in [0.15, 0.2) is 0 Å². The third-order valence-electron chi connectivity index (χ3n) is 2.39. The van der Waals surface area contributed by atoms with Gasteiger partial charge in [0.1, 0.15) is 0 Å². The van der Waals surface area contributed by atoms with Crippen molar-refractivity contribution >= 4 is 10.9 Å². The number of benzene rings is 1. The van der Waals surface area contributed by atoms with Crippen LogP contribution in [-0.4, -0.2) is 15.8 Å². The van der Waals surface area contributed by atoms with E-state index in [1.165, 1.54) is 16.5 Å². The number of aryl methyl sites for hydroxylation is 1. The molecule has 0 spiro atoms. The molecule has 3 heteroatoms. The Hall–Kier alpha value is -1.35. The van der Waals surface area contributed by atoms with Gasteiger partial charge in [0, 0.05) is 18.5 Å². The Morgan fingerprint density at radius 2 is 2.29 bits per heavy atom. The Bertz CT molecular complexity index is 443. The lowest BCUT2D eigenvalue weighted by atomic mass is 10.1. The van der Waals surface area contributed by atoms with Crippen LogP contribution in [0, 0.1) is 0 Å². The second-order valence-electron chi connectivity index (χ2n) is 3.80. The summed E-state index contributed by atoms with van der Waals surface area (Å²) in [5.74, 6) is 0. The third-order valence-corrected chi connectivity index (χ3v) is 2.39. The molecule has 0 fully saturated rings. The summed E-state index contributed by atoms with van der Waals surface area (Å²) in [6.45, 7) is 2.02. The van der Waals surface area contributed by atoms with Gasteiger partial charge in [-0.25, -0.2) is 0 Å². The monoisotopic (exact) mass is 189 g/mol. The Morgan fingerprint density at radius 1 is 1.50 bits per heavy atom. The van der Waals surface area contributed by atoms with E-state index in [4.69, 9.17) is 5.73 Å². The molecular weight excluding hydrogens is 174 g/mol. The SMILES string of the molecule is CC(N)Cc1cccc2cnn(C)c12. The lowest BCUT2D eigenvalue weighted by Crippen LogP contribution is -2.18. The van der Waals surface area contributed by atoms with Crippen LogP contribution in [0.3, 0.4) is 0 Å². The van der Waals surface area contributed by atoms with Gasteiger partial charge in [-0.2, -0.15) is 5.10 Å². The molecule has 1 aromatic carbocycles. The van der Waals surface area contributed by atoms with Crippen molar-refractivity contribution in [1.29, 1.82) is 0 Å². The van der Waals surface area contributed by atoms with Gasteiger partial charge in [-0.05, 0) is 18.9 Å². The molecule has 2 rings (SSSR count). The Balaban J connectivity index is 2.57. The van der Waals surface area contributed by atoms with Crippen molar-refractivity contribution in [2.45, 2.75) is 19.4 Å². The fourth-order valence-electron chi connectivity index (χ4n) is 1.83. The van der Waals surface area contributed by atoms with Gasteiger partial charge in [0.05, 0.1) is 11.7 Å². The predicted molar refractivity (Wildman–Crippen MR) is 58.1 cm³/mol. The number of fused-ring (bicyclic) bond motifs is 1. The molecule has 0 aliphatic carbocycles. The van der Waals surface area contributed by atoms with Crippen molar-refractivity contribution in [2.75, 3.05) is 0 Å². The van der Waals surface area contributed by atoms with Crippen molar-refractivity contribution in [3.8, 4) is 0 Å². The van der Waals surface area contributed by atoms with Crippen molar-refractivity contribution in [1.82, 2.24) is 9.78 Å². The maximum absolute atomic E-state index is 5.80. The standard InChI is InChI=1S/C11H15N3/c1-8(12)6-9-4-3-5-10-7-13-14(2)11(9)10/h3-5,7-8H,6,12H2,1-2H3. The van der Waals surface area contributed by atoms with Crippen LogP contribution in [0.5, 0.6) is 0 Å². The van der Waals surface area contributed by atoms with Crippen molar-refractivity contribution in [3.05, 3.63) is 30.0 Å². The first-order chi connectivity index (χ1) is 6.68. The fourth-order valence-corrected chi connectivity index (χ4v) is 1.83. The third kappa shape index (κ3) is 1.51. The molecule has 1 unspecified atom stereocenters. The minimum absolute atomic E-state index is 0.190. The largest absolute Gasteiger partial charge is 0.328 e. The van der Waals surface area contributed by atoms with E-state index < -0.39 is 0 Å². The zero-order valence-corrected chi connectivity index (χ0v) is 8.57. The zero-order valence-electron chi connectivity index (χ0n) is 8.57. The van der Waals surface area contributed by atoms with Crippen LogP contribution in [0.1, 0.15) is 12.5 Å². The van der Waals surface area contributed by atoms with E-state index in [1.54, 1.807) is 0 Å². The van der Waals surface area contributed by atoms with E-state index in [0.29, 0.717) is 0 Å². The molecule has 2 aromatic rings. The number of nitrogens with zero attached hydrogens (tertiary/aromatic N) is 2. The lowest BCUT2D eigenvalue weighted by molar-refractivity contribution is 0.731. The van der Waals surface area contributed by atoms with E-state index in [9.17, 15) is 0 Å². The van der Waals surface area contributed by atoms with Gasteiger partial charge >= 0.3 is 0 Å². The summed E-state index contributed by atoms with van der Waals surface area (Å²) in [5, 5.41) is 5.43. The molecule has 0 aliphatic rings. The molecule has 0 saturated heterocycles. The summed E-state index contributed by atoms with van der Waals surface area (Å²) in [6, 6.07) is 6.44. The number of hydrogen-bond acceptors (Lipinski definition) is 2. The summed E-state index contributed by atoms with van der Waals surface area (Å²) in [4.78, 5) is 0. The van der Waals surface area contributed by atoms with Gasteiger partial charge in [0.2, 0.25) is 0 Å². The highest BCUT2D eigenvalue weighted by molar-refractivity contribution is 5.81. The van der Waals surface area contributed by atoms with Crippen LogP contribution in [-0.2, 0) is 13.5 Å². The highest BCUT2D eigenvalue weighted by Crippen LogP contribution is 2.18. The molecule has 1 heterocycles. The number of aromatic nitrogens is 2. The summed E-state index contributed by atoms with van der Waals surface area (Å²) in [6.07, 6.45) is 2.79. The maximum Gasteiger partial charge on any atom is 0.0711 e. The number of hydrogen-bond donors (Lipinski definition) is 1. The van der Waals surface area contributed by atoms with Crippen LogP contribution in [0.2, 0.25) is 0 Å². The molecule has 0 bridgehead atoms. The summed E-state index contributed by atoms with van der Waals surface area (Å²) >= 11 is 0. The minimum Gasteiger partial charge on any atom is -0.328 e. The van der Waals surface area contributed by atoms with E-state index >= 15 is 0 Å². The molecule has 3 nitrogen and oxygen atoms in total. The predicted octanol–water partition coefficient (Wildman–Crippen LogP) is 1.46. The highest BCUT2D eigenvalue weighted by Gasteiger charge is 2.06. The Kier molecular flexibility index (Phi) is 2.25. The number of rotatable bonds is 2. The molecular formula is C11H15N3. The first kappa shape index (κ1) is 9.21. The van der Waals surface area contributed by atoms with Gasteiger partial charge < -0.3 is 5.73 Å². The van der Waals surface area contributed by atoms with E-state index in [-0.39, 0.29) is 6.04 Å². The first-order valence-corrected chi connectivity index (χ1v) is 4.83. The van der Waals surface area contributed by atoms with Crippen LogP contribution in [0.15, 0.2) is 24.4 Å². The smallest absolute Gasteiger partial charge is 0.0711 e. The van der Waals surface area contributed by atoms with Gasteiger partial charge in [-0.1, -0.05) is 18.2 Å². The summed E-state index contributed by atoms with van der Waals surface area (Å²) in [5.41, 5.74) is 8.28. The minimum atomic E-state index is 0.190. The van der Waals surface area contributed by atoms with E-state index in [1.807, 2.05) is 24.9 Å². The van der Waals surface area contributed by atoms with Gasteiger partial charge in [-0.3, -0.25) is 4.68 Å². The van der Waals surface area contributed by atoms with Gasteiger partial charge in [-0.15, -0.1) is 0 Å². The normalized spacial score (nSPS) is 13.4. The van der Waals surface area contributed by atoms with Crippen molar-refractivity contribution < 1.29 is 0 Å². The molecule has 2 N–H and O–H groups in total. The molecule has 1 aromatic heterocycles. The zero-order chi connectivity index (χ0) is 10.1. The fraction of sp³-hybridized carbons (Fsp3) is 0.364. The lowest BCUT2D eigenvalue weighted by Gasteiger charge is -2.07. The maximum atomic E-state index is 5.80. The van der Waals surface area contributed by atoms with Crippen LogP contribution >= 0.6 is 0 Å². The average Bonchev–Trinajstić information content (AvgIpc) is 2.48. The Morgan fingerprint density at radius 3 is 3.00 bits per heavy atom. The van der Waals surface area contributed by atoms with E-state index in [2.05, 4.69) is 23.3 Å². The first-order valence-electron chi connectivity index (χ1n) is 4.83. The van der Waals surface area contributed by atoms with Crippen LogP contribution in [0.4, 0.5) is 0 Å². The second kappa shape index (κ2) is 3.42. The van der Waals surface area contributed by atoms with E-state index in [0.717, 1.165) is 6.42 Å². The van der Waals surface area contributed by atoms with Crippen molar-refractivity contribution in [2.24, 2.45) is 12.8 Å². The molecule has 0 amide bonds. The van der Waals surface area contributed by atoms with Gasteiger partial charge in [0.25, 0.3) is 0 Å². The molecule has 0 radical (unpaired) electrons. The second-order valence-corrected chi connectivity index (χ2v) is 3.80. The topological polar surface area (TPSA) is 43.8 Å². The highest BCUT2D eigenvalue weighted by atomic mass is 15.2. The molecule has 74 valence electrons. The molecule has 0 aliphatic heterocycles. The van der Waals surface area contributed by atoms with Crippen LogP contribution in [0.25, 0.3) is 10.9 Å². The molecule has 14 heavy (non-hydrogen) atoms.